The van der Waals surface area contributed by atoms with Crippen LogP contribution in [0.2, 0.25) is 0 Å². The molecule has 2 aliphatic rings. The molecule has 1 aromatic carbocycles. The maximum atomic E-state index is 12.8. The topological polar surface area (TPSA) is 92.8 Å². The zero-order valence-corrected chi connectivity index (χ0v) is 13.7. The van der Waals surface area contributed by atoms with E-state index in [1.54, 1.807) is 24.3 Å². The molecule has 0 radical (unpaired) electrons. The number of nitrogens with zero attached hydrogens (tertiary/aromatic N) is 1. The molecule has 2 amide bonds. The van der Waals surface area contributed by atoms with Gasteiger partial charge in [0.1, 0.15) is 5.75 Å². The summed E-state index contributed by atoms with van der Waals surface area (Å²) in [5.74, 6) is -0.721. The third kappa shape index (κ3) is 2.67. The molecule has 124 valence electrons. The number of ether oxygens (including phenoxy) is 1. The lowest BCUT2D eigenvalue weighted by atomic mass is 10.00. The summed E-state index contributed by atoms with van der Waals surface area (Å²) in [6, 6.07) is 6.42. The van der Waals surface area contributed by atoms with E-state index < -0.39 is 33.3 Å². The fraction of sp³-hybridized carbons (Fsp3) is 0.467. The Labute approximate surface area is 134 Å². The van der Waals surface area contributed by atoms with Crippen molar-refractivity contribution in [2.75, 3.05) is 23.9 Å². The van der Waals surface area contributed by atoms with Crippen LogP contribution in [0, 0.1) is 0 Å². The van der Waals surface area contributed by atoms with Crippen LogP contribution < -0.4 is 10.1 Å². The van der Waals surface area contributed by atoms with Crippen molar-refractivity contribution in [1.82, 2.24) is 4.90 Å². The summed E-state index contributed by atoms with van der Waals surface area (Å²) in [5, 5.41) is 2.66. The zero-order valence-electron chi connectivity index (χ0n) is 12.9. The minimum Gasteiger partial charge on any atom is -0.466 e. The molecule has 2 unspecified atom stereocenters. The van der Waals surface area contributed by atoms with Gasteiger partial charge in [-0.2, -0.15) is 0 Å². The number of hydrogen-bond acceptors (Lipinski definition) is 5. The number of amides is 2. The maximum Gasteiger partial charge on any atom is 0.278 e. The third-order valence-electron chi connectivity index (χ3n) is 4.37. The van der Waals surface area contributed by atoms with E-state index in [0.717, 1.165) is 0 Å². The second kappa shape index (κ2) is 5.23. The van der Waals surface area contributed by atoms with Gasteiger partial charge in [-0.15, -0.1) is 0 Å². The minimum absolute atomic E-state index is 0.0574. The molecule has 1 N–H and O–H groups in total. The second-order valence-corrected chi connectivity index (χ2v) is 8.29. The highest BCUT2D eigenvalue weighted by Crippen LogP contribution is 2.34. The quantitative estimate of drug-likeness (QED) is 0.789. The number of rotatable bonds is 2. The summed E-state index contributed by atoms with van der Waals surface area (Å²) in [6.45, 7) is 1.40. The summed E-state index contributed by atoms with van der Waals surface area (Å²) in [5.41, 5.74) is -1.20. The van der Waals surface area contributed by atoms with Crippen LogP contribution >= 0.6 is 0 Å². The monoisotopic (exact) mass is 338 g/mol. The number of likely N-dealkylation sites (N-methyl/N-ethyl adjacent to an activating group) is 1. The van der Waals surface area contributed by atoms with Gasteiger partial charge in [-0.25, -0.2) is 8.42 Å². The van der Waals surface area contributed by atoms with Gasteiger partial charge in [0.05, 0.1) is 17.2 Å². The Morgan fingerprint density at radius 2 is 2.09 bits per heavy atom. The lowest BCUT2D eigenvalue weighted by molar-refractivity contribution is -0.154. The summed E-state index contributed by atoms with van der Waals surface area (Å²) in [4.78, 5) is 26.5. The molecule has 1 fully saturated rings. The van der Waals surface area contributed by atoms with Gasteiger partial charge >= 0.3 is 0 Å². The molecule has 2 atom stereocenters. The Morgan fingerprint density at radius 3 is 2.74 bits per heavy atom. The van der Waals surface area contributed by atoms with Crippen molar-refractivity contribution < 1.29 is 22.7 Å². The molecule has 23 heavy (non-hydrogen) atoms. The van der Waals surface area contributed by atoms with Gasteiger partial charge in [-0.3, -0.25) is 9.59 Å². The van der Waals surface area contributed by atoms with Crippen molar-refractivity contribution in [3.63, 3.8) is 0 Å². The minimum atomic E-state index is -3.12. The van der Waals surface area contributed by atoms with Crippen molar-refractivity contribution in [2.45, 2.75) is 25.0 Å². The normalized spacial score (nSPS) is 28.4. The molecule has 0 aromatic heterocycles. The van der Waals surface area contributed by atoms with Crippen LogP contribution in [-0.2, 0) is 19.4 Å². The lowest BCUT2D eigenvalue weighted by Gasteiger charge is -2.37. The molecule has 0 bridgehead atoms. The first-order valence-electron chi connectivity index (χ1n) is 7.30. The lowest BCUT2D eigenvalue weighted by Crippen LogP contribution is -2.60. The molecule has 1 aromatic rings. The predicted molar refractivity (Wildman–Crippen MR) is 83.9 cm³/mol. The third-order valence-corrected chi connectivity index (χ3v) is 6.12. The van der Waals surface area contributed by atoms with Crippen molar-refractivity contribution in [1.29, 1.82) is 0 Å². The fourth-order valence-corrected chi connectivity index (χ4v) is 4.67. The number of anilines is 1. The van der Waals surface area contributed by atoms with E-state index in [9.17, 15) is 18.0 Å². The van der Waals surface area contributed by atoms with Gasteiger partial charge in [-0.1, -0.05) is 12.1 Å². The summed E-state index contributed by atoms with van der Waals surface area (Å²) in [6.07, 6.45) is 0.374. The van der Waals surface area contributed by atoms with E-state index >= 15 is 0 Å². The Morgan fingerprint density at radius 1 is 1.39 bits per heavy atom. The number of para-hydroxylation sites is 2. The highest BCUT2D eigenvalue weighted by molar-refractivity contribution is 7.91. The van der Waals surface area contributed by atoms with Crippen LogP contribution in [0.15, 0.2) is 24.3 Å². The highest BCUT2D eigenvalue weighted by Gasteiger charge is 2.50. The molecule has 8 heteroatoms. The average molecular weight is 338 g/mol. The first kappa shape index (κ1) is 15.8. The summed E-state index contributed by atoms with van der Waals surface area (Å²) in [7, 11) is -1.61. The molecule has 2 heterocycles. The number of sulfone groups is 1. The smallest absolute Gasteiger partial charge is 0.278 e. The molecule has 0 aliphatic carbocycles. The van der Waals surface area contributed by atoms with E-state index in [4.69, 9.17) is 4.74 Å². The van der Waals surface area contributed by atoms with Crippen LogP contribution in [0.5, 0.6) is 5.75 Å². The number of fused-ring (bicyclic) bond motifs is 1. The standard InChI is InChI=1S/C15H18N2O5S/c1-15(13(18)16-11-5-3-4-6-12(11)22-15)14(19)17(2)10-7-8-23(20,21)9-10/h3-6,10H,7-9H2,1-2H3,(H,16,18). The van der Waals surface area contributed by atoms with Crippen LogP contribution in [0.4, 0.5) is 5.69 Å². The van der Waals surface area contributed by atoms with Crippen molar-refractivity contribution in [3.05, 3.63) is 24.3 Å². The molecule has 2 aliphatic heterocycles. The first-order chi connectivity index (χ1) is 10.7. The van der Waals surface area contributed by atoms with Gasteiger partial charge in [0.15, 0.2) is 9.84 Å². The van der Waals surface area contributed by atoms with Gasteiger partial charge < -0.3 is 15.0 Å². The number of benzene rings is 1. The van der Waals surface area contributed by atoms with Gasteiger partial charge in [0.25, 0.3) is 17.4 Å². The van der Waals surface area contributed by atoms with Crippen LogP contribution in [0.25, 0.3) is 0 Å². The molecule has 1 saturated heterocycles. The highest BCUT2D eigenvalue weighted by atomic mass is 32.2. The number of carbonyl (C=O) groups is 2. The second-order valence-electron chi connectivity index (χ2n) is 6.06. The Kier molecular flexibility index (Phi) is 3.59. The van der Waals surface area contributed by atoms with E-state index in [1.807, 2.05) is 0 Å². The summed E-state index contributed by atoms with van der Waals surface area (Å²) >= 11 is 0. The van der Waals surface area contributed by atoms with Crippen molar-refractivity contribution >= 4 is 27.3 Å². The average Bonchev–Trinajstić information content (AvgIpc) is 2.87. The Bertz CT molecular complexity index is 776. The number of carbonyl (C=O) groups excluding carboxylic acids is 2. The van der Waals surface area contributed by atoms with E-state index in [-0.39, 0.29) is 11.5 Å². The van der Waals surface area contributed by atoms with Gasteiger partial charge in [0, 0.05) is 13.1 Å². The van der Waals surface area contributed by atoms with Crippen LogP contribution in [0.1, 0.15) is 13.3 Å². The van der Waals surface area contributed by atoms with Gasteiger partial charge in [-0.05, 0) is 25.5 Å². The number of nitrogens with one attached hydrogen (secondary N) is 1. The first-order valence-corrected chi connectivity index (χ1v) is 9.12. The van der Waals surface area contributed by atoms with Crippen molar-refractivity contribution in [3.8, 4) is 5.75 Å². The number of hydrogen-bond donors (Lipinski definition) is 1. The van der Waals surface area contributed by atoms with Crippen molar-refractivity contribution in [2.24, 2.45) is 0 Å². The molecule has 3 rings (SSSR count). The molecule has 0 saturated carbocycles. The van der Waals surface area contributed by atoms with E-state index in [2.05, 4.69) is 5.32 Å². The maximum absolute atomic E-state index is 12.8. The van der Waals surface area contributed by atoms with Crippen LogP contribution in [0.3, 0.4) is 0 Å². The van der Waals surface area contributed by atoms with Gasteiger partial charge in [0.2, 0.25) is 0 Å². The molecular formula is C15H18N2O5S. The SMILES string of the molecule is CN(C(=O)C1(C)Oc2ccccc2NC1=O)C1CCS(=O)(=O)C1. The molecule has 0 spiro atoms. The Balaban J connectivity index is 1.85. The fourth-order valence-electron chi connectivity index (χ4n) is 2.89. The van der Waals surface area contributed by atoms with E-state index in [0.29, 0.717) is 17.9 Å². The predicted octanol–water partition coefficient (Wildman–Crippen LogP) is 0.422. The summed E-state index contributed by atoms with van der Waals surface area (Å²) < 4.78 is 28.9. The molecule has 7 nitrogen and oxygen atoms in total. The largest absolute Gasteiger partial charge is 0.466 e. The van der Waals surface area contributed by atoms with E-state index in [1.165, 1.54) is 18.9 Å². The Hall–Kier alpha value is -2.09. The van der Waals surface area contributed by atoms with Crippen LogP contribution in [-0.4, -0.2) is 55.3 Å². The molecular weight excluding hydrogens is 320 g/mol. The zero-order chi connectivity index (χ0) is 16.8.